The van der Waals surface area contributed by atoms with Gasteiger partial charge in [0.25, 0.3) is 0 Å². The number of benzene rings is 1. The van der Waals surface area contributed by atoms with E-state index in [0.717, 1.165) is 11.4 Å². The van der Waals surface area contributed by atoms with Gasteiger partial charge in [-0.1, -0.05) is 6.07 Å². The van der Waals surface area contributed by atoms with Gasteiger partial charge in [-0.25, -0.2) is 4.98 Å². The van der Waals surface area contributed by atoms with Gasteiger partial charge in [0.1, 0.15) is 5.82 Å². The summed E-state index contributed by atoms with van der Waals surface area (Å²) in [6.07, 6.45) is 3.70. The quantitative estimate of drug-likeness (QED) is 0.839. The molecule has 0 spiro atoms. The predicted octanol–water partition coefficient (Wildman–Crippen LogP) is 1.42. The van der Waals surface area contributed by atoms with Crippen molar-refractivity contribution in [2.24, 2.45) is 7.05 Å². The number of phenolic OH excluding ortho intramolecular Hbond substituents is 1. The maximum atomic E-state index is 9.49. The molecule has 0 bridgehead atoms. The van der Waals surface area contributed by atoms with Gasteiger partial charge in [-0.3, -0.25) is 0 Å². The van der Waals surface area contributed by atoms with Gasteiger partial charge in [0.05, 0.1) is 13.7 Å². The first-order chi connectivity index (χ1) is 8.70. The normalized spacial score (nSPS) is 10.6. The minimum Gasteiger partial charge on any atom is -0.504 e. The second-order valence-electron chi connectivity index (χ2n) is 4.06. The summed E-state index contributed by atoms with van der Waals surface area (Å²) in [5.41, 5.74) is 1.05. The topological polar surface area (TPSA) is 59.3 Å². The molecule has 0 saturated carbocycles. The third-order valence-electron chi connectivity index (χ3n) is 2.78. The number of rotatable bonds is 5. The van der Waals surface area contributed by atoms with Gasteiger partial charge in [-0.15, -0.1) is 0 Å². The first kappa shape index (κ1) is 12.4. The third-order valence-corrected chi connectivity index (χ3v) is 2.78. The van der Waals surface area contributed by atoms with Crippen molar-refractivity contribution in [3.63, 3.8) is 0 Å². The van der Waals surface area contributed by atoms with Crippen LogP contribution in [0.2, 0.25) is 0 Å². The molecule has 1 heterocycles. The van der Waals surface area contributed by atoms with E-state index in [2.05, 4.69) is 10.3 Å². The number of aromatic hydroxyl groups is 1. The molecule has 0 unspecified atom stereocenters. The Morgan fingerprint density at radius 3 is 2.89 bits per heavy atom. The number of ether oxygens (including phenoxy) is 1. The molecule has 1 aromatic carbocycles. The minimum atomic E-state index is 0.158. The molecule has 0 radical (unpaired) electrons. The molecule has 18 heavy (non-hydrogen) atoms. The number of methoxy groups -OCH3 is 1. The molecule has 96 valence electrons. The maximum Gasteiger partial charge on any atom is 0.160 e. The minimum absolute atomic E-state index is 0.158. The van der Waals surface area contributed by atoms with E-state index in [4.69, 9.17) is 4.74 Å². The number of hydrogen-bond acceptors (Lipinski definition) is 4. The summed E-state index contributed by atoms with van der Waals surface area (Å²) in [6, 6.07) is 5.32. The third kappa shape index (κ3) is 2.81. The van der Waals surface area contributed by atoms with E-state index in [0.29, 0.717) is 18.8 Å². The van der Waals surface area contributed by atoms with Crippen molar-refractivity contribution in [2.45, 2.75) is 13.1 Å². The number of nitrogens with one attached hydrogen (secondary N) is 1. The number of imidazole rings is 1. The predicted molar refractivity (Wildman–Crippen MR) is 68.4 cm³/mol. The lowest BCUT2D eigenvalue weighted by Crippen LogP contribution is -2.15. The number of aromatic nitrogens is 2. The molecule has 2 aromatic rings. The molecule has 2 N–H and O–H groups in total. The molecular weight excluding hydrogens is 230 g/mol. The van der Waals surface area contributed by atoms with E-state index in [1.165, 1.54) is 0 Å². The average Bonchev–Trinajstić information content (AvgIpc) is 2.77. The highest BCUT2D eigenvalue weighted by atomic mass is 16.5. The summed E-state index contributed by atoms with van der Waals surface area (Å²) >= 11 is 0. The summed E-state index contributed by atoms with van der Waals surface area (Å²) in [5, 5.41) is 12.8. The van der Waals surface area contributed by atoms with Gasteiger partial charge in [0.15, 0.2) is 11.5 Å². The van der Waals surface area contributed by atoms with Crippen molar-refractivity contribution in [1.82, 2.24) is 14.9 Å². The molecule has 2 rings (SSSR count). The molecule has 1 aromatic heterocycles. The lowest BCUT2D eigenvalue weighted by atomic mass is 10.2. The van der Waals surface area contributed by atoms with Crippen LogP contribution in [0.15, 0.2) is 30.6 Å². The summed E-state index contributed by atoms with van der Waals surface area (Å²) in [5.74, 6) is 1.64. The lowest BCUT2D eigenvalue weighted by molar-refractivity contribution is 0.372. The Morgan fingerprint density at radius 1 is 1.39 bits per heavy atom. The fourth-order valence-corrected chi connectivity index (χ4v) is 1.72. The van der Waals surface area contributed by atoms with Crippen LogP contribution in [-0.4, -0.2) is 21.8 Å². The molecular formula is C13H17N3O2. The van der Waals surface area contributed by atoms with Gasteiger partial charge in [0, 0.05) is 26.0 Å². The first-order valence-electron chi connectivity index (χ1n) is 5.73. The molecule has 5 nitrogen and oxygen atoms in total. The van der Waals surface area contributed by atoms with Gasteiger partial charge in [-0.05, 0) is 17.7 Å². The van der Waals surface area contributed by atoms with Crippen molar-refractivity contribution in [1.29, 1.82) is 0 Å². The van der Waals surface area contributed by atoms with E-state index in [-0.39, 0.29) is 5.75 Å². The number of aryl methyl sites for hydroxylation is 1. The first-order valence-corrected chi connectivity index (χ1v) is 5.73. The standard InChI is InChI=1S/C13H17N3O2/c1-16-6-5-15-13(16)9-14-8-10-3-4-11(17)12(7-10)18-2/h3-7,14,17H,8-9H2,1-2H3. The molecule has 0 aliphatic heterocycles. The Balaban J connectivity index is 1.92. The van der Waals surface area contributed by atoms with Crippen LogP contribution >= 0.6 is 0 Å². The molecule has 5 heteroatoms. The summed E-state index contributed by atoms with van der Waals surface area (Å²) in [4.78, 5) is 4.23. The van der Waals surface area contributed by atoms with E-state index >= 15 is 0 Å². The van der Waals surface area contributed by atoms with Crippen LogP contribution in [0.1, 0.15) is 11.4 Å². The van der Waals surface area contributed by atoms with E-state index in [9.17, 15) is 5.11 Å². The number of nitrogens with zero attached hydrogens (tertiary/aromatic N) is 2. The second-order valence-corrected chi connectivity index (χ2v) is 4.06. The Morgan fingerprint density at radius 2 is 2.22 bits per heavy atom. The van der Waals surface area contributed by atoms with Crippen LogP contribution < -0.4 is 10.1 Å². The molecule has 0 atom stereocenters. The molecule has 0 saturated heterocycles. The van der Waals surface area contributed by atoms with Crippen molar-refractivity contribution >= 4 is 0 Å². The van der Waals surface area contributed by atoms with Crippen LogP contribution in [-0.2, 0) is 20.1 Å². The maximum absolute atomic E-state index is 9.49. The largest absolute Gasteiger partial charge is 0.504 e. The Bertz CT molecular complexity index is 523. The zero-order valence-corrected chi connectivity index (χ0v) is 10.6. The zero-order valence-electron chi connectivity index (χ0n) is 10.6. The SMILES string of the molecule is COc1cc(CNCc2nccn2C)ccc1O. The monoisotopic (exact) mass is 247 g/mol. The van der Waals surface area contributed by atoms with Crippen molar-refractivity contribution in [3.8, 4) is 11.5 Å². The van der Waals surface area contributed by atoms with Gasteiger partial charge >= 0.3 is 0 Å². The molecule has 0 aliphatic carbocycles. The van der Waals surface area contributed by atoms with Crippen LogP contribution in [0.25, 0.3) is 0 Å². The number of phenols is 1. The van der Waals surface area contributed by atoms with Gasteiger partial charge < -0.3 is 19.7 Å². The van der Waals surface area contributed by atoms with E-state index in [1.54, 1.807) is 19.4 Å². The van der Waals surface area contributed by atoms with Crippen LogP contribution in [0.5, 0.6) is 11.5 Å². The Hall–Kier alpha value is -2.01. The second kappa shape index (κ2) is 5.55. The molecule has 0 amide bonds. The van der Waals surface area contributed by atoms with Crippen LogP contribution in [0.3, 0.4) is 0 Å². The highest BCUT2D eigenvalue weighted by Crippen LogP contribution is 2.26. The average molecular weight is 247 g/mol. The van der Waals surface area contributed by atoms with Gasteiger partial charge in [-0.2, -0.15) is 0 Å². The summed E-state index contributed by atoms with van der Waals surface area (Å²) in [6.45, 7) is 1.40. The smallest absolute Gasteiger partial charge is 0.160 e. The van der Waals surface area contributed by atoms with E-state index < -0.39 is 0 Å². The van der Waals surface area contributed by atoms with Crippen molar-refractivity contribution in [2.75, 3.05) is 7.11 Å². The Labute approximate surface area is 106 Å². The fraction of sp³-hybridized carbons (Fsp3) is 0.308. The van der Waals surface area contributed by atoms with E-state index in [1.807, 2.05) is 29.9 Å². The fourth-order valence-electron chi connectivity index (χ4n) is 1.72. The van der Waals surface area contributed by atoms with Gasteiger partial charge in [0.2, 0.25) is 0 Å². The highest BCUT2D eigenvalue weighted by Gasteiger charge is 2.03. The summed E-state index contributed by atoms with van der Waals surface area (Å²) < 4.78 is 7.04. The summed E-state index contributed by atoms with van der Waals surface area (Å²) in [7, 11) is 3.51. The Kier molecular flexibility index (Phi) is 3.84. The van der Waals surface area contributed by atoms with Crippen molar-refractivity contribution in [3.05, 3.63) is 42.0 Å². The zero-order chi connectivity index (χ0) is 13.0. The van der Waals surface area contributed by atoms with Crippen LogP contribution in [0.4, 0.5) is 0 Å². The number of hydrogen-bond donors (Lipinski definition) is 2. The van der Waals surface area contributed by atoms with Crippen LogP contribution in [0, 0.1) is 0 Å². The van der Waals surface area contributed by atoms with Crippen molar-refractivity contribution < 1.29 is 9.84 Å². The molecule has 0 fully saturated rings. The lowest BCUT2D eigenvalue weighted by Gasteiger charge is -2.08. The highest BCUT2D eigenvalue weighted by molar-refractivity contribution is 5.41. The molecule has 0 aliphatic rings.